The van der Waals surface area contributed by atoms with Crippen LogP contribution in [0, 0.1) is 6.92 Å². The van der Waals surface area contributed by atoms with Gasteiger partial charge in [0.25, 0.3) is 0 Å². The molecule has 16 heavy (non-hydrogen) atoms. The van der Waals surface area contributed by atoms with Crippen LogP contribution in [0.1, 0.15) is 30.9 Å². The summed E-state index contributed by atoms with van der Waals surface area (Å²) < 4.78 is 5.16. The van der Waals surface area contributed by atoms with E-state index in [0.717, 1.165) is 19.3 Å². The third-order valence-corrected chi connectivity index (χ3v) is 3.03. The molecule has 1 N–H and O–H groups in total. The van der Waals surface area contributed by atoms with E-state index < -0.39 is 0 Å². The van der Waals surface area contributed by atoms with E-state index in [9.17, 15) is 5.11 Å². The fraction of sp³-hybridized carbons (Fsp3) is 0.571. The maximum atomic E-state index is 9.92. The predicted octanol–water partition coefficient (Wildman–Crippen LogP) is 2.71. The summed E-state index contributed by atoms with van der Waals surface area (Å²) in [7, 11) is 1.71. The van der Waals surface area contributed by atoms with Gasteiger partial charge < -0.3 is 9.84 Å². The SMILES string of the molecule is COC(C)CCC(O)Cc1ccccc1C. The summed E-state index contributed by atoms with van der Waals surface area (Å²) in [6.45, 7) is 4.11. The quantitative estimate of drug-likeness (QED) is 0.802. The predicted molar refractivity (Wildman–Crippen MR) is 66.6 cm³/mol. The second kappa shape index (κ2) is 6.66. The second-order valence-corrected chi connectivity index (χ2v) is 4.41. The van der Waals surface area contributed by atoms with Gasteiger partial charge in [-0.25, -0.2) is 0 Å². The molecule has 0 radical (unpaired) electrons. The Morgan fingerprint density at radius 3 is 2.56 bits per heavy atom. The number of methoxy groups -OCH3 is 1. The molecule has 2 nitrogen and oxygen atoms in total. The molecule has 0 saturated carbocycles. The van der Waals surface area contributed by atoms with E-state index in [2.05, 4.69) is 19.1 Å². The average molecular weight is 222 g/mol. The van der Waals surface area contributed by atoms with Gasteiger partial charge in [0.2, 0.25) is 0 Å². The molecule has 2 heteroatoms. The number of hydrogen-bond donors (Lipinski definition) is 1. The Labute approximate surface area is 98.3 Å². The van der Waals surface area contributed by atoms with Gasteiger partial charge in [0.05, 0.1) is 12.2 Å². The number of aliphatic hydroxyl groups is 1. The number of aryl methyl sites for hydroxylation is 1. The van der Waals surface area contributed by atoms with Crippen LogP contribution in [0.4, 0.5) is 0 Å². The lowest BCUT2D eigenvalue weighted by Gasteiger charge is -2.14. The third-order valence-electron chi connectivity index (χ3n) is 3.03. The summed E-state index contributed by atoms with van der Waals surface area (Å²) >= 11 is 0. The first kappa shape index (κ1) is 13.2. The third kappa shape index (κ3) is 4.33. The Balaban J connectivity index is 2.40. The molecule has 0 aliphatic rings. The van der Waals surface area contributed by atoms with Crippen LogP contribution in [-0.2, 0) is 11.2 Å². The summed E-state index contributed by atoms with van der Waals surface area (Å²) in [6, 6.07) is 8.21. The van der Waals surface area contributed by atoms with Crippen molar-refractivity contribution in [2.24, 2.45) is 0 Å². The van der Waals surface area contributed by atoms with Crippen molar-refractivity contribution < 1.29 is 9.84 Å². The van der Waals surface area contributed by atoms with E-state index >= 15 is 0 Å². The van der Waals surface area contributed by atoms with Crippen LogP contribution in [-0.4, -0.2) is 24.4 Å². The summed E-state index contributed by atoms with van der Waals surface area (Å²) in [5.74, 6) is 0. The molecule has 90 valence electrons. The van der Waals surface area contributed by atoms with Crippen molar-refractivity contribution in [3.8, 4) is 0 Å². The van der Waals surface area contributed by atoms with E-state index in [1.165, 1.54) is 11.1 Å². The lowest BCUT2D eigenvalue weighted by Crippen LogP contribution is -2.15. The lowest BCUT2D eigenvalue weighted by atomic mass is 9.99. The van der Waals surface area contributed by atoms with Gasteiger partial charge in [-0.3, -0.25) is 0 Å². The van der Waals surface area contributed by atoms with Crippen molar-refractivity contribution in [1.82, 2.24) is 0 Å². The molecule has 2 atom stereocenters. The van der Waals surface area contributed by atoms with E-state index in [0.29, 0.717) is 0 Å². The van der Waals surface area contributed by atoms with Crippen molar-refractivity contribution >= 4 is 0 Å². The van der Waals surface area contributed by atoms with Crippen LogP contribution in [0.2, 0.25) is 0 Å². The maximum Gasteiger partial charge on any atom is 0.0581 e. The first-order valence-electron chi connectivity index (χ1n) is 5.89. The fourth-order valence-electron chi connectivity index (χ4n) is 1.74. The topological polar surface area (TPSA) is 29.5 Å². The molecule has 0 fully saturated rings. The summed E-state index contributed by atoms with van der Waals surface area (Å²) in [6.07, 6.45) is 2.40. The fourth-order valence-corrected chi connectivity index (χ4v) is 1.74. The molecular formula is C14H22O2. The van der Waals surface area contributed by atoms with Gasteiger partial charge in [0.1, 0.15) is 0 Å². The molecule has 0 bridgehead atoms. The Hall–Kier alpha value is -0.860. The molecule has 1 aromatic rings. The highest BCUT2D eigenvalue weighted by atomic mass is 16.5. The van der Waals surface area contributed by atoms with Gasteiger partial charge in [0, 0.05) is 7.11 Å². The van der Waals surface area contributed by atoms with Crippen LogP contribution in [0.25, 0.3) is 0 Å². The zero-order valence-electron chi connectivity index (χ0n) is 10.4. The van der Waals surface area contributed by atoms with E-state index in [-0.39, 0.29) is 12.2 Å². The molecule has 0 amide bonds. The second-order valence-electron chi connectivity index (χ2n) is 4.41. The van der Waals surface area contributed by atoms with Crippen molar-refractivity contribution in [2.75, 3.05) is 7.11 Å². The number of rotatable bonds is 6. The van der Waals surface area contributed by atoms with Crippen LogP contribution in [0.15, 0.2) is 24.3 Å². The molecule has 0 heterocycles. The van der Waals surface area contributed by atoms with Gasteiger partial charge >= 0.3 is 0 Å². The van der Waals surface area contributed by atoms with Crippen molar-refractivity contribution in [2.45, 2.75) is 45.3 Å². The van der Waals surface area contributed by atoms with Gasteiger partial charge in [-0.05, 0) is 44.2 Å². The van der Waals surface area contributed by atoms with E-state index in [1.54, 1.807) is 7.11 Å². The number of hydrogen-bond acceptors (Lipinski definition) is 2. The minimum atomic E-state index is -0.265. The molecule has 0 spiro atoms. The van der Waals surface area contributed by atoms with Crippen molar-refractivity contribution in [3.63, 3.8) is 0 Å². The molecule has 0 aliphatic heterocycles. The highest BCUT2D eigenvalue weighted by molar-refractivity contribution is 5.26. The Morgan fingerprint density at radius 1 is 1.25 bits per heavy atom. The number of benzene rings is 1. The average Bonchev–Trinajstić information content (AvgIpc) is 2.29. The molecule has 0 aromatic heterocycles. The minimum absolute atomic E-state index is 0.228. The molecule has 0 saturated heterocycles. The number of ether oxygens (including phenoxy) is 1. The molecule has 2 unspecified atom stereocenters. The molecule has 0 aliphatic carbocycles. The maximum absolute atomic E-state index is 9.92. The zero-order chi connectivity index (χ0) is 12.0. The smallest absolute Gasteiger partial charge is 0.0581 e. The van der Waals surface area contributed by atoms with Crippen LogP contribution in [0.5, 0.6) is 0 Å². The largest absolute Gasteiger partial charge is 0.393 e. The Kier molecular flexibility index (Phi) is 5.50. The van der Waals surface area contributed by atoms with Crippen LogP contribution >= 0.6 is 0 Å². The van der Waals surface area contributed by atoms with Crippen LogP contribution in [0.3, 0.4) is 0 Å². The summed E-state index contributed by atoms with van der Waals surface area (Å²) in [5.41, 5.74) is 2.49. The highest BCUT2D eigenvalue weighted by Crippen LogP contribution is 2.13. The monoisotopic (exact) mass is 222 g/mol. The van der Waals surface area contributed by atoms with Crippen LogP contribution < -0.4 is 0 Å². The standard InChI is InChI=1S/C14H22O2/c1-11-6-4-5-7-13(11)10-14(15)9-8-12(2)16-3/h4-7,12,14-15H,8-10H2,1-3H3. The zero-order valence-corrected chi connectivity index (χ0v) is 10.4. The summed E-state index contributed by atoms with van der Waals surface area (Å²) in [4.78, 5) is 0. The van der Waals surface area contributed by atoms with Gasteiger partial charge in [0.15, 0.2) is 0 Å². The lowest BCUT2D eigenvalue weighted by molar-refractivity contribution is 0.0851. The first-order chi connectivity index (χ1) is 7.63. The normalized spacial score (nSPS) is 14.8. The van der Waals surface area contributed by atoms with Gasteiger partial charge in [-0.1, -0.05) is 24.3 Å². The van der Waals surface area contributed by atoms with Gasteiger partial charge in [-0.15, -0.1) is 0 Å². The molecular weight excluding hydrogens is 200 g/mol. The Bertz CT molecular complexity index is 309. The molecule has 1 rings (SSSR count). The van der Waals surface area contributed by atoms with E-state index in [4.69, 9.17) is 4.74 Å². The first-order valence-corrected chi connectivity index (χ1v) is 5.89. The van der Waals surface area contributed by atoms with Crippen molar-refractivity contribution in [1.29, 1.82) is 0 Å². The highest BCUT2D eigenvalue weighted by Gasteiger charge is 2.09. The van der Waals surface area contributed by atoms with E-state index in [1.807, 2.05) is 19.1 Å². The number of aliphatic hydroxyl groups excluding tert-OH is 1. The summed E-state index contributed by atoms with van der Waals surface area (Å²) in [5, 5.41) is 9.92. The minimum Gasteiger partial charge on any atom is -0.393 e. The molecule has 1 aromatic carbocycles. The Morgan fingerprint density at radius 2 is 1.94 bits per heavy atom. The van der Waals surface area contributed by atoms with Gasteiger partial charge in [-0.2, -0.15) is 0 Å². The van der Waals surface area contributed by atoms with Crippen molar-refractivity contribution in [3.05, 3.63) is 35.4 Å².